The number of benzene rings is 1. The first kappa shape index (κ1) is 14.4. The minimum Gasteiger partial charge on any atom is -0.365 e. The van der Waals surface area contributed by atoms with Gasteiger partial charge in [-0.05, 0) is 30.3 Å². The summed E-state index contributed by atoms with van der Waals surface area (Å²) in [5.74, 6) is -0.337. The predicted molar refractivity (Wildman–Crippen MR) is 71.1 cm³/mol. The summed E-state index contributed by atoms with van der Waals surface area (Å²) in [5.41, 5.74) is 1.71. The van der Waals surface area contributed by atoms with Gasteiger partial charge < -0.3 is 15.5 Å². The van der Waals surface area contributed by atoms with Crippen molar-refractivity contribution in [2.75, 3.05) is 32.1 Å². The third-order valence-electron chi connectivity index (χ3n) is 2.68. The van der Waals surface area contributed by atoms with Gasteiger partial charge in [0, 0.05) is 26.3 Å². The van der Waals surface area contributed by atoms with Gasteiger partial charge in [-0.15, -0.1) is 0 Å². The molecule has 0 heterocycles. The Morgan fingerprint density at radius 3 is 2.78 bits per heavy atom. The number of hydrogen-bond acceptors (Lipinski definition) is 3. The van der Waals surface area contributed by atoms with Gasteiger partial charge >= 0.3 is 0 Å². The molecule has 1 rings (SSSR count). The molecule has 1 aromatic rings. The van der Waals surface area contributed by atoms with Crippen LogP contribution in [0.4, 0.5) is 10.1 Å². The number of carbonyl (C=O) groups excluding carboxylic acids is 1. The summed E-state index contributed by atoms with van der Waals surface area (Å²) in [4.78, 5) is 13.2. The van der Waals surface area contributed by atoms with Gasteiger partial charge in [0.05, 0.1) is 6.54 Å². The number of likely N-dealkylation sites (N-methyl/N-ethyl adjacent to an activating group) is 2. The Balaban J connectivity index is 2.88. The van der Waals surface area contributed by atoms with Gasteiger partial charge in [0.15, 0.2) is 0 Å². The number of rotatable bonds is 6. The normalized spacial score (nSPS) is 10.2. The topological polar surface area (TPSA) is 44.4 Å². The summed E-state index contributed by atoms with van der Waals surface area (Å²) >= 11 is 0. The second-order valence-electron chi connectivity index (χ2n) is 4.08. The average molecular weight is 253 g/mol. The Morgan fingerprint density at radius 2 is 2.17 bits per heavy atom. The van der Waals surface area contributed by atoms with Crippen molar-refractivity contribution in [2.24, 2.45) is 0 Å². The van der Waals surface area contributed by atoms with Gasteiger partial charge in [-0.2, -0.15) is 0 Å². The highest BCUT2D eigenvalue weighted by atomic mass is 19.1. The van der Waals surface area contributed by atoms with Crippen molar-refractivity contribution in [3.63, 3.8) is 0 Å². The molecule has 0 aliphatic rings. The van der Waals surface area contributed by atoms with E-state index in [9.17, 15) is 9.18 Å². The molecule has 0 atom stereocenters. The molecule has 0 spiro atoms. The number of hydrogen-bond donors (Lipinski definition) is 2. The van der Waals surface area contributed by atoms with Crippen molar-refractivity contribution >= 4 is 11.6 Å². The Hall–Kier alpha value is -1.62. The highest BCUT2D eigenvalue weighted by Crippen LogP contribution is 2.20. The summed E-state index contributed by atoms with van der Waals surface area (Å²) < 4.78 is 13.2. The summed E-state index contributed by atoms with van der Waals surface area (Å²) in [7, 11) is 3.41. The maximum absolute atomic E-state index is 13.2. The molecule has 0 fully saturated rings. The van der Waals surface area contributed by atoms with E-state index in [2.05, 4.69) is 10.6 Å². The summed E-state index contributed by atoms with van der Waals surface area (Å²) in [6.45, 7) is 3.64. The van der Waals surface area contributed by atoms with Gasteiger partial charge in [-0.1, -0.05) is 6.92 Å². The number of anilines is 1. The zero-order chi connectivity index (χ0) is 13.5. The van der Waals surface area contributed by atoms with Crippen molar-refractivity contribution in [1.29, 1.82) is 0 Å². The lowest BCUT2D eigenvalue weighted by atomic mass is 10.1. The van der Waals surface area contributed by atoms with Crippen LogP contribution < -0.4 is 15.5 Å². The van der Waals surface area contributed by atoms with E-state index in [1.807, 2.05) is 18.9 Å². The fourth-order valence-electron chi connectivity index (χ4n) is 1.71. The molecule has 18 heavy (non-hydrogen) atoms. The van der Waals surface area contributed by atoms with E-state index in [1.54, 1.807) is 13.1 Å². The molecule has 0 aliphatic carbocycles. The van der Waals surface area contributed by atoms with Crippen molar-refractivity contribution in [1.82, 2.24) is 10.6 Å². The standard InChI is InChI=1S/C13H20FN3O/c1-4-16-8-10-7-11(14)5-6-12(10)17(3)9-13(18)15-2/h5-7,16H,4,8-9H2,1-3H3,(H,15,18). The molecule has 1 aromatic carbocycles. The molecule has 0 saturated heterocycles. The Bertz CT molecular complexity index is 409. The van der Waals surface area contributed by atoms with Crippen LogP contribution >= 0.6 is 0 Å². The molecule has 0 saturated carbocycles. The lowest BCUT2D eigenvalue weighted by Crippen LogP contribution is -2.33. The van der Waals surface area contributed by atoms with Gasteiger partial charge in [-0.3, -0.25) is 4.79 Å². The Morgan fingerprint density at radius 1 is 1.44 bits per heavy atom. The highest BCUT2D eigenvalue weighted by Gasteiger charge is 2.11. The number of carbonyl (C=O) groups is 1. The fourth-order valence-corrected chi connectivity index (χ4v) is 1.71. The predicted octanol–water partition coefficient (Wildman–Crippen LogP) is 1.12. The van der Waals surface area contributed by atoms with Crippen molar-refractivity contribution in [2.45, 2.75) is 13.5 Å². The Kier molecular flexibility index (Phi) is 5.58. The second kappa shape index (κ2) is 6.96. The second-order valence-corrected chi connectivity index (χ2v) is 4.08. The van der Waals surface area contributed by atoms with Gasteiger partial charge in [0.1, 0.15) is 5.82 Å². The van der Waals surface area contributed by atoms with Crippen LogP contribution in [-0.2, 0) is 11.3 Å². The smallest absolute Gasteiger partial charge is 0.239 e. The third-order valence-corrected chi connectivity index (χ3v) is 2.68. The number of nitrogens with one attached hydrogen (secondary N) is 2. The van der Waals surface area contributed by atoms with Crippen molar-refractivity contribution in [3.05, 3.63) is 29.6 Å². The molecule has 1 amide bonds. The molecule has 4 nitrogen and oxygen atoms in total. The fraction of sp³-hybridized carbons (Fsp3) is 0.462. The minimum absolute atomic E-state index is 0.0729. The van der Waals surface area contributed by atoms with E-state index >= 15 is 0 Å². The minimum atomic E-state index is -0.264. The molecule has 0 aromatic heterocycles. The maximum Gasteiger partial charge on any atom is 0.239 e. The van der Waals surface area contributed by atoms with Gasteiger partial charge in [-0.25, -0.2) is 4.39 Å². The lowest BCUT2D eigenvalue weighted by Gasteiger charge is -2.22. The van der Waals surface area contributed by atoms with E-state index in [4.69, 9.17) is 0 Å². The SMILES string of the molecule is CCNCc1cc(F)ccc1N(C)CC(=O)NC. The summed E-state index contributed by atoms with van der Waals surface area (Å²) in [6, 6.07) is 4.61. The first-order valence-corrected chi connectivity index (χ1v) is 5.99. The van der Waals surface area contributed by atoms with E-state index in [1.165, 1.54) is 12.1 Å². The lowest BCUT2D eigenvalue weighted by molar-refractivity contribution is -0.119. The van der Waals surface area contributed by atoms with Crippen molar-refractivity contribution in [3.8, 4) is 0 Å². The number of amides is 1. The van der Waals surface area contributed by atoms with E-state index < -0.39 is 0 Å². The molecule has 2 N–H and O–H groups in total. The third kappa shape index (κ3) is 4.00. The van der Waals surface area contributed by atoms with Crippen LogP contribution in [-0.4, -0.2) is 33.1 Å². The van der Waals surface area contributed by atoms with Crippen LogP contribution in [0.25, 0.3) is 0 Å². The van der Waals surface area contributed by atoms with Crippen LogP contribution in [0.5, 0.6) is 0 Å². The first-order valence-electron chi connectivity index (χ1n) is 5.99. The maximum atomic E-state index is 13.2. The number of nitrogens with zero attached hydrogens (tertiary/aromatic N) is 1. The molecule has 0 bridgehead atoms. The van der Waals surface area contributed by atoms with Gasteiger partial charge in [0.2, 0.25) is 5.91 Å². The highest BCUT2D eigenvalue weighted by molar-refractivity contribution is 5.81. The van der Waals surface area contributed by atoms with E-state index in [0.29, 0.717) is 6.54 Å². The van der Waals surface area contributed by atoms with Crippen LogP contribution in [0, 0.1) is 5.82 Å². The molecular weight excluding hydrogens is 233 g/mol. The molecule has 0 aliphatic heterocycles. The largest absolute Gasteiger partial charge is 0.365 e. The van der Waals surface area contributed by atoms with Crippen LogP contribution in [0.1, 0.15) is 12.5 Å². The van der Waals surface area contributed by atoms with Gasteiger partial charge in [0.25, 0.3) is 0 Å². The number of halogens is 1. The summed E-state index contributed by atoms with van der Waals surface area (Å²) in [6.07, 6.45) is 0. The first-order chi connectivity index (χ1) is 8.58. The summed E-state index contributed by atoms with van der Waals surface area (Å²) in [5, 5.41) is 5.73. The molecular formula is C13H20FN3O. The quantitative estimate of drug-likeness (QED) is 0.798. The van der Waals surface area contributed by atoms with E-state index in [-0.39, 0.29) is 18.3 Å². The van der Waals surface area contributed by atoms with Crippen LogP contribution in [0.3, 0.4) is 0 Å². The van der Waals surface area contributed by atoms with Crippen molar-refractivity contribution < 1.29 is 9.18 Å². The van der Waals surface area contributed by atoms with Crippen LogP contribution in [0.2, 0.25) is 0 Å². The van der Waals surface area contributed by atoms with Crippen LogP contribution in [0.15, 0.2) is 18.2 Å². The Labute approximate surface area is 107 Å². The van der Waals surface area contributed by atoms with E-state index in [0.717, 1.165) is 17.8 Å². The zero-order valence-electron chi connectivity index (χ0n) is 11.1. The zero-order valence-corrected chi connectivity index (χ0v) is 11.1. The molecule has 100 valence electrons. The monoisotopic (exact) mass is 253 g/mol. The molecule has 5 heteroatoms. The average Bonchev–Trinajstić information content (AvgIpc) is 2.36. The molecule has 0 unspecified atom stereocenters. The molecule has 0 radical (unpaired) electrons.